The van der Waals surface area contributed by atoms with Crippen LogP contribution in [-0.2, 0) is 0 Å². The van der Waals surface area contributed by atoms with E-state index in [0.717, 1.165) is 51.1 Å². The maximum atomic E-state index is 11.9. The average molecular weight is 321 g/mol. The molecule has 2 aliphatic rings. The van der Waals surface area contributed by atoms with E-state index in [9.17, 15) is 4.79 Å². The number of allylic oxidation sites excluding steroid dienone is 1. The van der Waals surface area contributed by atoms with E-state index in [0.29, 0.717) is 12.1 Å². The van der Waals surface area contributed by atoms with E-state index < -0.39 is 0 Å². The number of rotatable bonds is 2. The van der Waals surface area contributed by atoms with Crippen LogP contribution >= 0.6 is 0 Å². The van der Waals surface area contributed by atoms with Gasteiger partial charge in [-0.2, -0.15) is 0 Å². The SMILES string of the molecule is CNC(=O)N(C)/C1=C/C[C@@H](C)NCC/C(=C\C2CNCN2)CC1. The Hall–Kier alpha value is -1.37. The summed E-state index contributed by atoms with van der Waals surface area (Å²) in [6.45, 7) is 5.09. The number of carbonyl (C=O) groups is 1. The molecule has 2 heterocycles. The second-order valence-electron chi connectivity index (χ2n) is 6.42. The lowest BCUT2D eigenvalue weighted by molar-refractivity contribution is 0.220. The van der Waals surface area contributed by atoms with Gasteiger partial charge in [0.15, 0.2) is 0 Å². The molecule has 2 amide bonds. The van der Waals surface area contributed by atoms with Crippen molar-refractivity contribution < 1.29 is 4.79 Å². The lowest BCUT2D eigenvalue weighted by Gasteiger charge is -2.24. The topological polar surface area (TPSA) is 68.4 Å². The Kier molecular flexibility index (Phi) is 7.08. The third-order valence-corrected chi connectivity index (χ3v) is 4.59. The minimum atomic E-state index is -0.0545. The molecule has 2 aliphatic heterocycles. The van der Waals surface area contributed by atoms with Crippen LogP contribution in [0.4, 0.5) is 4.79 Å². The smallest absolute Gasteiger partial charge is 0.321 e. The van der Waals surface area contributed by atoms with E-state index >= 15 is 0 Å². The second kappa shape index (κ2) is 9.05. The van der Waals surface area contributed by atoms with Crippen molar-refractivity contribution in [2.24, 2.45) is 0 Å². The number of amides is 2. The predicted octanol–water partition coefficient (Wildman–Crippen LogP) is 1.14. The number of nitrogens with zero attached hydrogens (tertiary/aromatic N) is 1. The first-order valence-electron chi connectivity index (χ1n) is 8.61. The van der Waals surface area contributed by atoms with Crippen LogP contribution in [0.1, 0.15) is 32.6 Å². The van der Waals surface area contributed by atoms with Crippen molar-refractivity contribution in [1.82, 2.24) is 26.2 Å². The van der Waals surface area contributed by atoms with Crippen molar-refractivity contribution in [2.45, 2.75) is 44.7 Å². The average Bonchev–Trinajstić information content (AvgIpc) is 3.06. The summed E-state index contributed by atoms with van der Waals surface area (Å²) in [6.07, 6.45) is 8.49. The number of nitrogens with one attached hydrogen (secondary N) is 4. The Morgan fingerprint density at radius 1 is 1.35 bits per heavy atom. The van der Waals surface area contributed by atoms with Gasteiger partial charge in [-0.3, -0.25) is 5.32 Å². The van der Waals surface area contributed by atoms with Crippen LogP contribution in [0.3, 0.4) is 0 Å². The molecule has 0 saturated carbocycles. The summed E-state index contributed by atoms with van der Waals surface area (Å²) in [5, 5.41) is 13.0. The molecular weight excluding hydrogens is 290 g/mol. The lowest BCUT2D eigenvalue weighted by Crippen LogP contribution is -2.35. The summed E-state index contributed by atoms with van der Waals surface area (Å²) in [6, 6.07) is 0.796. The maximum Gasteiger partial charge on any atom is 0.321 e. The van der Waals surface area contributed by atoms with Gasteiger partial charge in [0.05, 0.1) is 0 Å². The van der Waals surface area contributed by atoms with Crippen molar-refractivity contribution in [3.63, 3.8) is 0 Å². The zero-order chi connectivity index (χ0) is 16.7. The summed E-state index contributed by atoms with van der Waals surface area (Å²) >= 11 is 0. The Balaban J connectivity index is 2.08. The van der Waals surface area contributed by atoms with Crippen molar-refractivity contribution in [3.05, 3.63) is 23.4 Å². The Bertz CT molecular complexity index is 454. The molecular formula is C17H31N5O. The van der Waals surface area contributed by atoms with E-state index in [1.807, 2.05) is 7.05 Å². The molecule has 6 nitrogen and oxygen atoms in total. The van der Waals surface area contributed by atoms with Crippen LogP contribution in [0.15, 0.2) is 23.4 Å². The minimum Gasteiger partial charge on any atom is -0.341 e. The summed E-state index contributed by atoms with van der Waals surface area (Å²) < 4.78 is 0. The molecule has 0 spiro atoms. The van der Waals surface area contributed by atoms with Gasteiger partial charge in [0.1, 0.15) is 0 Å². The van der Waals surface area contributed by atoms with Crippen LogP contribution in [0.5, 0.6) is 0 Å². The molecule has 2 atom stereocenters. The number of carbonyl (C=O) groups excluding carboxylic acids is 1. The van der Waals surface area contributed by atoms with Gasteiger partial charge in [-0.25, -0.2) is 4.79 Å². The third-order valence-electron chi connectivity index (χ3n) is 4.59. The van der Waals surface area contributed by atoms with Gasteiger partial charge in [0.25, 0.3) is 0 Å². The molecule has 1 fully saturated rings. The van der Waals surface area contributed by atoms with Gasteiger partial charge in [0, 0.05) is 45.1 Å². The highest BCUT2D eigenvalue weighted by atomic mass is 16.2. The van der Waals surface area contributed by atoms with Gasteiger partial charge in [0.2, 0.25) is 0 Å². The van der Waals surface area contributed by atoms with Crippen LogP contribution < -0.4 is 21.3 Å². The summed E-state index contributed by atoms with van der Waals surface area (Å²) in [7, 11) is 3.52. The molecule has 6 heteroatoms. The Labute approximate surface area is 139 Å². The Morgan fingerprint density at radius 3 is 2.87 bits per heavy atom. The first-order chi connectivity index (χ1) is 11.1. The first kappa shape index (κ1) is 18.0. The standard InChI is InChI=1S/C17H31N5O/c1-13-4-6-16(22(3)17(23)18-2)7-5-14(8-9-20-13)10-15-11-19-12-21-15/h6,10,13,15,19-21H,4-5,7-9,11-12H2,1-3H3,(H,18,23)/b14-10-,16-6+/t13-,15?/m1/s1. The van der Waals surface area contributed by atoms with Crippen LogP contribution in [0.25, 0.3) is 0 Å². The van der Waals surface area contributed by atoms with E-state index in [2.05, 4.69) is 40.3 Å². The number of hydrogen-bond donors (Lipinski definition) is 4. The molecule has 1 unspecified atom stereocenters. The van der Waals surface area contributed by atoms with Gasteiger partial charge in [-0.05, 0) is 39.2 Å². The predicted molar refractivity (Wildman–Crippen MR) is 94.1 cm³/mol. The zero-order valence-corrected chi connectivity index (χ0v) is 14.6. The monoisotopic (exact) mass is 321 g/mol. The van der Waals surface area contributed by atoms with Crippen molar-refractivity contribution >= 4 is 6.03 Å². The van der Waals surface area contributed by atoms with Gasteiger partial charge in [-0.15, -0.1) is 0 Å². The zero-order valence-electron chi connectivity index (χ0n) is 14.6. The van der Waals surface area contributed by atoms with E-state index in [1.165, 1.54) is 5.57 Å². The Morgan fingerprint density at radius 2 is 2.17 bits per heavy atom. The van der Waals surface area contributed by atoms with E-state index in [1.54, 1.807) is 11.9 Å². The molecule has 0 aromatic heterocycles. The van der Waals surface area contributed by atoms with Gasteiger partial charge < -0.3 is 20.9 Å². The fraction of sp³-hybridized carbons (Fsp3) is 0.706. The molecule has 0 aliphatic carbocycles. The number of hydrogen-bond acceptors (Lipinski definition) is 4. The minimum absolute atomic E-state index is 0.0545. The molecule has 23 heavy (non-hydrogen) atoms. The maximum absolute atomic E-state index is 11.9. The summed E-state index contributed by atoms with van der Waals surface area (Å²) in [4.78, 5) is 13.7. The normalized spacial score (nSPS) is 30.6. The molecule has 130 valence electrons. The van der Waals surface area contributed by atoms with E-state index in [4.69, 9.17) is 0 Å². The highest BCUT2D eigenvalue weighted by molar-refractivity contribution is 5.75. The van der Waals surface area contributed by atoms with Crippen LogP contribution in [-0.4, -0.2) is 56.9 Å². The molecule has 4 N–H and O–H groups in total. The van der Waals surface area contributed by atoms with Crippen molar-refractivity contribution in [2.75, 3.05) is 33.9 Å². The van der Waals surface area contributed by atoms with Crippen molar-refractivity contribution in [1.29, 1.82) is 0 Å². The molecule has 0 aromatic rings. The largest absolute Gasteiger partial charge is 0.341 e. The second-order valence-corrected chi connectivity index (χ2v) is 6.42. The molecule has 0 aromatic carbocycles. The van der Waals surface area contributed by atoms with Gasteiger partial charge >= 0.3 is 6.03 Å². The summed E-state index contributed by atoms with van der Waals surface area (Å²) in [5.74, 6) is 0. The number of urea groups is 1. The molecule has 2 rings (SSSR count). The molecule has 1 saturated heterocycles. The lowest BCUT2D eigenvalue weighted by atomic mass is 10.00. The quantitative estimate of drug-likeness (QED) is 0.576. The third kappa shape index (κ3) is 5.64. The fourth-order valence-corrected chi connectivity index (χ4v) is 3.07. The highest BCUT2D eigenvalue weighted by Gasteiger charge is 2.16. The van der Waals surface area contributed by atoms with Crippen molar-refractivity contribution in [3.8, 4) is 0 Å². The van der Waals surface area contributed by atoms with Gasteiger partial charge in [-0.1, -0.05) is 17.7 Å². The van der Waals surface area contributed by atoms with Crippen LogP contribution in [0.2, 0.25) is 0 Å². The van der Waals surface area contributed by atoms with Crippen LogP contribution in [0, 0.1) is 0 Å². The molecule has 0 bridgehead atoms. The first-order valence-corrected chi connectivity index (χ1v) is 8.61. The summed E-state index contributed by atoms with van der Waals surface area (Å²) in [5.41, 5.74) is 2.56. The van der Waals surface area contributed by atoms with E-state index in [-0.39, 0.29) is 6.03 Å². The molecule has 0 radical (unpaired) electrons. The highest BCUT2D eigenvalue weighted by Crippen LogP contribution is 2.20. The fourth-order valence-electron chi connectivity index (χ4n) is 3.07.